The monoisotopic (exact) mass is 463 g/mol. The van der Waals surface area contributed by atoms with E-state index in [4.69, 9.17) is 11.5 Å². The third kappa shape index (κ3) is 3.54. The number of fused-ring (bicyclic) bond motifs is 1. The van der Waals surface area contributed by atoms with Gasteiger partial charge in [-0.05, 0) is 25.0 Å². The highest BCUT2D eigenvalue weighted by molar-refractivity contribution is 7.99. The first kappa shape index (κ1) is 20.9. The molecule has 1 spiro atoms. The third-order valence-corrected chi connectivity index (χ3v) is 7.23. The summed E-state index contributed by atoms with van der Waals surface area (Å²) in [5.74, 6) is 0.670. The lowest BCUT2D eigenvalue weighted by atomic mass is 9.74. The van der Waals surface area contributed by atoms with Gasteiger partial charge in [0.2, 0.25) is 0 Å². The molecule has 1 saturated heterocycles. The number of rotatable bonds is 3. The average Bonchev–Trinajstić information content (AvgIpc) is 3.31. The molecule has 32 heavy (non-hydrogen) atoms. The standard InChI is InChI=1S/C19H20F3N9S/c20-19(21,22)15-12(2-1-5-25-15)32-17-16(24)28-13(9-26-17)30-6-3-18(4-7-30)10-31-11(14(18)23)8-27-29-31/h1-2,5,8-9,14H,3-4,6-7,10,23H2,(H2,24,28)/t14-/m1/s1. The highest BCUT2D eigenvalue weighted by atomic mass is 32.2. The molecule has 1 fully saturated rings. The predicted molar refractivity (Wildman–Crippen MR) is 111 cm³/mol. The Morgan fingerprint density at radius 3 is 2.62 bits per heavy atom. The Kier molecular flexibility index (Phi) is 4.97. The Bertz CT molecular complexity index is 1140. The van der Waals surface area contributed by atoms with Gasteiger partial charge in [0, 0.05) is 29.6 Å². The first-order chi connectivity index (χ1) is 15.3. The van der Waals surface area contributed by atoms with E-state index in [0.717, 1.165) is 43.0 Å². The fraction of sp³-hybridized carbons (Fsp3) is 0.421. The second-order valence-electron chi connectivity index (χ2n) is 8.01. The molecule has 3 aromatic rings. The van der Waals surface area contributed by atoms with Gasteiger partial charge in [-0.15, -0.1) is 5.10 Å². The fourth-order valence-corrected chi connectivity index (χ4v) is 5.27. The van der Waals surface area contributed by atoms with Crippen molar-refractivity contribution in [2.45, 2.75) is 41.5 Å². The quantitative estimate of drug-likeness (QED) is 0.603. The van der Waals surface area contributed by atoms with Crippen LogP contribution in [0.4, 0.5) is 24.8 Å². The summed E-state index contributed by atoms with van der Waals surface area (Å²) in [6, 6.07) is 2.66. The van der Waals surface area contributed by atoms with Crippen molar-refractivity contribution in [2.24, 2.45) is 11.1 Å². The fourth-order valence-electron chi connectivity index (χ4n) is 4.39. The van der Waals surface area contributed by atoms with Crippen molar-refractivity contribution in [3.8, 4) is 0 Å². The molecule has 0 aliphatic carbocycles. The van der Waals surface area contributed by atoms with Gasteiger partial charge in [-0.1, -0.05) is 17.0 Å². The van der Waals surface area contributed by atoms with Gasteiger partial charge < -0.3 is 16.4 Å². The second kappa shape index (κ2) is 7.59. The average molecular weight is 463 g/mol. The molecule has 0 saturated carbocycles. The van der Waals surface area contributed by atoms with Gasteiger partial charge in [0.15, 0.2) is 11.5 Å². The van der Waals surface area contributed by atoms with E-state index in [1.54, 1.807) is 12.4 Å². The summed E-state index contributed by atoms with van der Waals surface area (Å²) < 4.78 is 41.5. The SMILES string of the molecule is Nc1nc(N2CCC3(CC2)Cn2nncc2[C@H]3N)cnc1Sc1cccnc1C(F)(F)F. The Morgan fingerprint density at radius 1 is 1.16 bits per heavy atom. The van der Waals surface area contributed by atoms with Crippen LogP contribution in [0, 0.1) is 5.41 Å². The number of piperidine rings is 1. The van der Waals surface area contributed by atoms with Crippen molar-refractivity contribution in [1.29, 1.82) is 0 Å². The molecule has 0 bridgehead atoms. The summed E-state index contributed by atoms with van der Waals surface area (Å²) in [5, 5.41) is 8.24. The second-order valence-corrected chi connectivity index (χ2v) is 9.04. The highest BCUT2D eigenvalue weighted by Crippen LogP contribution is 2.47. The maximum absolute atomic E-state index is 13.2. The topological polar surface area (TPSA) is 125 Å². The van der Waals surface area contributed by atoms with Gasteiger partial charge in [0.05, 0.1) is 30.7 Å². The molecule has 13 heteroatoms. The number of hydrogen-bond acceptors (Lipinski definition) is 9. The van der Waals surface area contributed by atoms with Crippen molar-refractivity contribution < 1.29 is 13.2 Å². The van der Waals surface area contributed by atoms with Crippen LogP contribution in [-0.2, 0) is 12.7 Å². The summed E-state index contributed by atoms with van der Waals surface area (Å²) in [5.41, 5.74) is 12.5. The summed E-state index contributed by atoms with van der Waals surface area (Å²) in [4.78, 5) is 14.2. The van der Waals surface area contributed by atoms with E-state index in [1.165, 1.54) is 12.1 Å². The van der Waals surface area contributed by atoms with E-state index in [9.17, 15) is 13.2 Å². The maximum Gasteiger partial charge on any atom is 0.434 e. The zero-order chi connectivity index (χ0) is 22.5. The molecule has 2 aliphatic rings. The van der Waals surface area contributed by atoms with E-state index in [1.807, 2.05) is 4.68 Å². The molecule has 4 N–H and O–H groups in total. The van der Waals surface area contributed by atoms with Crippen LogP contribution in [0.15, 0.2) is 40.6 Å². The number of pyridine rings is 1. The molecular weight excluding hydrogens is 443 g/mol. The van der Waals surface area contributed by atoms with E-state index in [-0.39, 0.29) is 27.2 Å². The first-order valence-corrected chi connectivity index (χ1v) is 10.8. The van der Waals surface area contributed by atoms with Gasteiger partial charge in [-0.3, -0.25) is 4.98 Å². The molecule has 0 amide bonds. The summed E-state index contributed by atoms with van der Waals surface area (Å²) >= 11 is 0.801. The van der Waals surface area contributed by atoms with Crippen LogP contribution in [0.2, 0.25) is 0 Å². The summed E-state index contributed by atoms with van der Waals surface area (Å²) in [7, 11) is 0. The molecule has 168 valence electrons. The Labute approximate surface area is 185 Å². The van der Waals surface area contributed by atoms with E-state index < -0.39 is 11.9 Å². The Balaban J connectivity index is 1.30. The molecule has 9 nitrogen and oxygen atoms in total. The molecule has 3 aromatic heterocycles. The largest absolute Gasteiger partial charge is 0.434 e. The lowest BCUT2D eigenvalue weighted by molar-refractivity contribution is -0.143. The van der Waals surface area contributed by atoms with Gasteiger partial charge in [0.1, 0.15) is 10.8 Å². The Hall–Kier alpha value is -2.93. The molecule has 0 radical (unpaired) electrons. The number of hydrogen-bond donors (Lipinski definition) is 2. The number of alkyl halides is 3. The first-order valence-electron chi connectivity index (χ1n) is 9.98. The molecular formula is C19H20F3N9S. The van der Waals surface area contributed by atoms with E-state index in [2.05, 4.69) is 30.2 Å². The van der Waals surface area contributed by atoms with Crippen LogP contribution in [-0.4, -0.2) is 43.0 Å². The molecule has 5 heterocycles. The maximum atomic E-state index is 13.2. The van der Waals surface area contributed by atoms with Crippen molar-refractivity contribution in [1.82, 2.24) is 29.9 Å². The molecule has 2 aliphatic heterocycles. The van der Waals surface area contributed by atoms with E-state index >= 15 is 0 Å². The number of nitrogens with zero attached hydrogens (tertiary/aromatic N) is 7. The molecule has 0 aromatic carbocycles. The van der Waals surface area contributed by atoms with Crippen molar-refractivity contribution >= 4 is 23.4 Å². The molecule has 5 rings (SSSR count). The molecule has 0 unspecified atom stereocenters. The zero-order valence-electron chi connectivity index (χ0n) is 16.8. The third-order valence-electron chi connectivity index (χ3n) is 6.17. The Morgan fingerprint density at radius 2 is 1.94 bits per heavy atom. The van der Waals surface area contributed by atoms with Gasteiger partial charge >= 0.3 is 6.18 Å². The van der Waals surface area contributed by atoms with Gasteiger partial charge in [-0.2, -0.15) is 13.2 Å². The van der Waals surface area contributed by atoms with E-state index in [0.29, 0.717) is 18.9 Å². The van der Waals surface area contributed by atoms with Crippen molar-refractivity contribution in [2.75, 3.05) is 23.7 Å². The van der Waals surface area contributed by atoms with Crippen LogP contribution < -0.4 is 16.4 Å². The predicted octanol–water partition coefficient (Wildman–Crippen LogP) is 2.52. The minimum Gasteiger partial charge on any atom is -0.381 e. The van der Waals surface area contributed by atoms with Crippen LogP contribution in [0.5, 0.6) is 0 Å². The van der Waals surface area contributed by atoms with Crippen molar-refractivity contribution in [3.05, 3.63) is 42.1 Å². The van der Waals surface area contributed by atoms with Crippen LogP contribution in [0.3, 0.4) is 0 Å². The number of halogens is 3. The van der Waals surface area contributed by atoms with Gasteiger partial charge in [-0.25, -0.2) is 14.6 Å². The molecule has 1 atom stereocenters. The minimum atomic E-state index is -4.57. The number of aromatic nitrogens is 6. The van der Waals surface area contributed by atoms with Gasteiger partial charge in [0.25, 0.3) is 0 Å². The number of anilines is 2. The van der Waals surface area contributed by atoms with Crippen LogP contribution in [0.25, 0.3) is 0 Å². The lowest BCUT2D eigenvalue weighted by Gasteiger charge is -2.41. The normalized spacial score (nSPS) is 20.0. The minimum absolute atomic E-state index is 0.0646. The van der Waals surface area contributed by atoms with Crippen molar-refractivity contribution in [3.63, 3.8) is 0 Å². The zero-order valence-corrected chi connectivity index (χ0v) is 17.6. The summed E-state index contributed by atoms with van der Waals surface area (Å²) in [6.45, 7) is 2.17. The summed E-state index contributed by atoms with van der Waals surface area (Å²) in [6.07, 6.45) is 1.50. The van der Waals surface area contributed by atoms with Crippen LogP contribution >= 0.6 is 11.8 Å². The number of nitrogen functional groups attached to an aromatic ring is 1. The van der Waals surface area contributed by atoms with Crippen LogP contribution in [0.1, 0.15) is 30.3 Å². The lowest BCUT2D eigenvalue weighted by Crippen LogP contribution is -2.45. The number of nitrogens with two attached hydrogens (primary N) is 2. The highest BCUT2D eigenvalue weighted by Gasteiger charge is 2.47. The smallest absolute Gasteiger partial charge is 0.381 e.